The molecule has 0 amide bonds. The Bertz CT molecular complexity index is 392. The molecule has 0 aliphatic heterocycles. The normalized spacial score (nSPS) is 10.6. The van der Waals surface area contributed by atoms with Crippen LogP contribution in [0.15, 0.2) is 6.33 Å². The van der Waals surface area contributed by atoms with Crippen LogP contribution in [0.1, 0.15) is 6.92 Å². The lowest BCUT2D eigenvalue weighted by Gasteiger charge is -2.10. The summed E-state index contributed by atoms with van der Waals surface area (Å²) in [7, 11) is 1.63. The van der Waals surface area contributed by atoms with Crippen molar-refractivity contribution in [1.82, 2.24) is 9.97 Å². The number of nitrogen functional groups attached to an aromatic ring is 1. The van der Waals surface area contributed by atoms with Crippen LogP contribution in [0, 0.1) is 0 Å². The van der Waals surface area contributed by atoms with E-state index in [4.69, 9.17) is 29.4 Å². The molecule has 21 heavy (non-hydrogen) atoms. The van der Waals surface area contributed by atoms with Crippen molar-refractivity contribution in [2.24, 2.45) is 0 Å². The quantitative estimate of drug-likeness (QED) is 0.558. The second-order valence-electron chi connectivity index (χ2n) is 3.90. The summed E-state index contributed by atoms with van der Waals surface area (Å²) in [5.41, 5.74) is 6.12. The highest BCUT2D eigenvalue weighted by Crippen LogP contribution is 2.26. The first-order valence-corrected chi connectivity index (χ1v) is 6.80. The van der Waals surface area contributed by atoms with Gasteiger partial charge in [0.1, 0.15) is 12.9 Å². The van der Waals surface area contributed by atoms with Crippen molar-refractivity contribution in [2.75, 3.05) is 59.1 Å². The number of ether oxygens (including phenoxy) is 5. The smallest absolute Gasteiger partial charge is 0.244 e. The van der Waals surface area contributed by atoms with E-state index in [9.17, 15) is 0 Å². The third kappa shape index (κ3) is 7.07. The van der Waals surface area contributed by atoms with Crippen LogP contribution in [0.2, 0.25) is 0 Å². The van der Waals surface area contributed by atoms with Gasteiger partial charge in [-0.3, -0.25) is 0 Å². The zero-order chi connectivity index (χ0) is 15.3. The Kier molecular flexibility index (Phi) is 9.18. The monoisotopic (exact) mass is 301 g/mol. The van der Waals surface area contributed by atoms with Crippen molar-refractivity contribution >= 4 is 5.69 Å². The summed E-state index contributed by atoms with van der Waals surface area (Å²) in [6.07, 6.45) is 1.35. The van der Waals surface area contributed by atoms with Crippen molar-refractivity contribution in [2.45, 2.75) is 6.92 Å². The average Bonchev–Trinajstić information content (AvgIpc) is 2.49. The van der Waals surface area contributed by atoms with E-state index in [0.717, 1.165) is 0 Å². The molecule has 0 saturated carbocycles. The molecule has 0 aliphatic rings. The fourth-order valence-electron chi connectivity index (χ4n) is 1.39. The summed E-state index contributed by atoms with van der Waals surface area (Å²) >= 11 is 0. The summed E-state index contributed by atoms with van der Waals surface area (Å²) in [5.74, 6) is 0.628. The number of anilines is 1. The number of methoxy groups -OCH3 is 1. The maximum absolute atomic E-state index is 5.83. The minimum atomic E-state index is 0.294. The van der Waals surface area contributed by atoms with Gasteiger partial charge in [-0.05, 0) is 6.92 Å². The van der Waals surface area contributed by atoms with Crippen LogP contribution in [0.4, 0.5) is 5.69 Å². The summed E-state index contributed by atoms with van der Waals surface area (Å²) < 4.78 is 26.1. The highest BCUT2D eigenvalue weighted by atomic mass is 16.6. The first-order chi connectivity index (χ1) is 10.3. The molecule has 0 atom stereocenters. The van der Waals surface area contributed by atoms with E-state index in [1.807, 2.05) is 6.92 Å². The largest absolute Gasteiger partial charge is 0.476 e. The van der Waals surface area contributed by atoms with Gasteiger partial charge in [-0.2, -0.15) is 9.97 Å². The highest BCUT2D eigenvalue weighted by Gasteiger charge is 2.09. The van der Waals surface area contributed by atoms with Crippen LogP contribution in [-0.2, 0) is 14.2 Å². The van der Waals surface area contributed by atoms with Gasteiger partial charge in [-0.1, -0.05) is 0 Å². The van der Waals surface area contributed by atoms with Gasteiger partial charge in [0.2, 0.25) is 11.8 Å². The molecule has 0 fully saturated rings. The molecule has 0 aromatic carbocycles. The molecular weight excluding hydrogens is 278 g/mol. The Balaban J connectivity index is 2.14. The van der Waals surface area contributed by atoms with Crippen LogP contribution < -0.4 is 15.2 Å². The molecule has 1 rings (SSSR count). The molecule has 1 heterocycles. The van der Waals surface area contributed by atoms with Crippen LogP contribution in [0.3, 0.4) is 0 Å². The maximum atomic E-state index is 5.83. The minimum Gasteiger partial charge on any atom is -0.476 e. The Morgan fingerprint density at radius 2 is 1.48 bits per heavy atom. The van der Waals surface area contributed by atoms with Gasteiger partial charge in [0.05, 0.1) is 39.6 Å². The third-order valence-corrected chi connectivity index (χ3v) is 2.36. The van der Waals surface area contributed by atoms with Gasteiger partial charge in [0.25, 0.3) is 0 Å². The second kappa shape index (κ2) is 11.1. The molecule has 1 aromatic heterocycles. The standard InChI is InChI=1S/C13H23N3O5/c1-3-20-12-11(14)13(16-10-15-12)21-9-8-19-7-6-18-5-4-17-2/h10H,3-9,14H2,1-2H3. The molecule has 120 valence electrons. The van der Waals surface area contributed by atoms with Crippen LogP contribution in [0.5, 0.6) is 11.8 Å². The Morgan fingerprint density at radius 1 is 0.905 bits per heavy atom. The molecule has 0 unspecified atom stereocenters. The molecule has 0 bridgehead atoms. The maximum Gasteiger partial charge on any atom is 0.244 e. The number of hydrogen-bond acceptors (Lipinski definition) is 8. The SMILES string of the molecule is CCOc1ncnc(OCCOCCOCCOC)c1N. The number of nitrogens with two attached hydrogens (primary N) is 1. The Morgan fingerprint density at radius 3 is 2.10 bits per heavy atom. The summed E-state index contributed by atoms with van der Waals surface area (Å²) in [6.45, 7) is 5.25. The van der Waals surface area contributed by atoms with Gasteiger partial charge in [-0.25, -0.2) is 0 Å². The van der Waals surface area contributed by atoms with Crippen LogP contribution >= 0.6 is 0 Å². The minimum absolute atomic E-state index is 0.294. The fraction of sp³-hybridized carbons (Fsp3) is 0.692. The van der Waals surface area contributed by atoms with Gasteiger partial charge in [0, 0.05) is 7.11 Å². The first kappa shape index (κ1) is 17.4. The van der Waals surface area contributed by atoms with E-state index >= 15 is 0 Å². The number of rotatable bonds is 12. The van der Waals surface area contributed by atoms with Gasteiger partial charge in [-0.15, -0.1) is 0 Å². The van der Waals surface area contributed by atoms with E-state index < -0.39 is 0 Å². The highest BCUT2D eigenvalue weighted by molar-refractivity contribution is 5.55. The molecule has 0 aliphatic carbocycles. The summed E-state index contributed by atoms with van der Waals surface area (Å²) in [6, 6.07) is 0. The molecule has 1 aromatic rings. The topological polar surface area (TPSA) is 98.0 Å². The molecule has 0 saturated heterocycles. The van der Waals surface area contributed by atoms with Crippen molar-refractivity contribution in [3.8, 4) is 11.8 Å². The predicted molar refractivity (Wildman–Crippen MR) is 76.6 cm³/mol. The van der Waals surface area contributed by atoms with Crippen molar-refractivity contribution in [1.29, 1.82) is 0 Å². The molecular formula is C13H23N3O5. The van der Waals surface area contributed by atoms with Gasteiger partial charge >= 0.3 is 0 Å². The lowest BCUT2D eigenvalue weighted by atomic mass is 10.5. The number of nitrogens with zero attached hydrogens (tertiary/aromatic N) is 2. The number of hydrogen-bond donors (Lipinski definition) is 1. The molecule has 0 radical (unpaired) electrons. The van der Waals surface area contributed by atoms with E-state index in [2.05, 4.69) is 9.97 Å². The lowest BCUT2D eigenvalue weighted by molar-refractivity contribution is 0.0177. The Hall–Kier alpha value is -1.64. The third-order valence-electron chi connectivity index (χ3n) is 2.36. The predicted octanol–water partition coefficient (Wildman–Crippen LogP) is 0.516. The summed E-state index contributed by atoms with van der Waals surface area (Å²) in [4.78, 5) is 7.88. The van der Waals surface area contributed by atoms with Crippen molar-refractivity contribution in [3.05, 3.63) is 6.33 Å². The molecule has 8 nitrogen and oxygen atoms in total. The van der Waals surface area contributed by atoms with Gasteiger partial charge < -0.3 is 29.4 Å². The van der Waals surface area contributed by atoms with Crippen molar-refractivity contribution in [3.63, 3.8) is 0 Å². The molecule has 8 heteroatoms. The summed E-state index contributed by atoms with van der Waals surface area (Å²) in [5, 5.41) is 0. The van der Waals surface area contributed by atoms with E-state index in [1.165, 1.54) is 6.33 Å². The molecule has 2 N–H and O–H groups in total. The lowest BCUT2D eigenvalue weighted by Crippen LogP contribution is -2.13. The Labute approximate surface area is 124 Å². The van der Waals surface area contributed by atoms with Gasteiger partial charge in [0.15, 0.2) is 5.69 Å². The van der Waals surface area contributed by atoms with Crippen LogP contribution in [-0.4, -0.2) is 63.3 Å². The zero-order valence-electron chi connectivity index (χ0n) is 12.5. The van der Waals surface area contributed by atoms with E-state index in [1.54, 1.807) is 7.11 Å². The fourth-order valence-corrected chi connectivity index (χ4v) is 1.39. The zero-order valence-corrected chi connectivity index (χ0v) is 12.5. The number of aromatic nitrogens is 2. The second-order valence-corrected chi connectivity index (χ2v) is 3.90. The first-order valence-electron chi connectivity index (χ1n) is 6.80. The van der Waals surface area contributed by atoms with E-state index in [-0.39, 0.29) is 0 Å². The van der Waals surface area contributed by atoms with Crippen LogP contribution in [0.25, 0.3) is 0 Å². The van der Waals surface area contributed by atoms with E-state index in [0.29, 0.717) is 63.7 Å². The van der Waals surface area contributed by atoms with Crippen molar-refractivity contribution < 1.29 is 23.7 Å². The molecule has 0 spiro atoms. The average molecular weight is 301 g/mol.